The Morgan fingerprint density at radius 3 is 2.62 bits per heavy atom. The van der Waals surface area contributed by atoms with Crippen molar-refractivity contribution < 1.29 is 9.53 Å². The van der Waals surface area contributed by atoms with Gasteiger partial charge in [0.25, 0.3) is 5.91 Å². The first-order valence-corrected chi connectivity index (χ1v) is 9.52. The van der Waals surface area contributed by atoms with Crippen LogP contribution in [0.15, 0.2) is 54.7 Å². The van der Waals surface area contributed by atoms with Gasteiger partial charge in [0.15, 0.2) is 0 Å². The molecule has 3 aromatic rings. The average Bonchev–Trinajstić information content (AvgIpc) is 2.81. The first-order valence-electron chi connectivity index (χ1n) is 9.15. The number of amides is 1. The number of methoxy groups -OCH3 is 1. The highest BCUT2D eigenvalue weighted by Crippen LogP contribution is 2.40. The van der Waals surface area contributed by atoms with E-state index in [2.05, 4.69) is 10.3 Å². The molecule has 1 amide bonds. The largest absolute Gasteiger partial charge is 0.380 e. The van der Waals surface area contributed by atoms with Crippen molar-refractivity contribution in [3.05, 3.63) is 70.9 Å². The quantitative estimate of drug-likeness (QED) is 0.659. The molecule has 2 heterocycles. The highest BCUT2D eigenvalue weighted by atomic mass is 35.5. The second kappa shape index (κ2) is 7.73. The summed E-state index contributed by atoms with van der Waals surface area (Å²) in [6.45, 7) is 0.429. The summed E-state index contributed by atoms with van der Waals surface area (Å²) in [5.41, 5.74) is 4.93. The number of nitrogens with zero attached hydrogens (tertiary/aromatic N) is 3. The van der Waals surface area contributed by atoms with Gasteiger partial charge in [0, 0.05) is 43.5 Å². The maximum Gasteiger partial charge on any atom is 0.260 e. The maximum absolute atomic E-state index is 12.9. The molecular formula is C22H21ClN4O2. The Balaban J connectivity index is 1.76. The van der Waals surface area contributed by atoms with E-state index in [0.29, 0.717) is 23.0 Å². The Kier molecular flexibility index (Phi) is 5.13. The van der Waals surface area contributed by atoms with Crippen molar-refractivity contribution in [1.82, 2.24) is 4.98 Å². The van der Waals surface area contributed by atoms with Crippen LogP contribution in [0.25, 0.3) is 0 Å². The third-order valence-electron chi connectivity index (χ3n) is 5.01. The van der Waals surface area contributed by atoms with E-state index in [0.717, 1.165) is 28.3 Å². The summed E-state index contributed by atoms with van der Waals surface area (Å²) in [6, 6.07) is 15.1. The maximum atomic E-state index is 12.9. The molecule has 0 radical (unpaired) electrons. The molecule has 1 aliphatic heterocycles. The lowest BCUT2D eigenvalue weighted by Gasteiger charge is -2.23. The number of ether oxygens (including phenoxy) is 1. The molecule has 0 saturated heterocycles. The number of hydrogen-bond acceptors (Lipinski definition) is 5. The number of anilines is 5. The van der Waals surface area contributed by atoms with E-state index in [1.165, 1.54) is 0 Å². The third-order valence-corrected chi connectivity index (χ3v) is 5.25. The van der Waals surface area contributed by atoms with Gasteiger partial charge in [0.1, 0.15) is 5.82 Å². The zero-order chi connectivity index (χ0) is 20.5. The number of benzene rings is 2. The van der Waals surface area contributed by atoms with Crippen LogP contribution in [-0.2, 0) is 11.3 Å². The van der Waals surface area contributed by atoms with Crippen LogP contribution in [0.5, 0.6) is 0 Å². The smallest absolute Gasteiger partial charge is 0.260 e. The lowest BCUT2D eigenvalue weighted by atomic mass is 10.1. The zero-order valence-corrected chi connectivity index (χ0v) is 17.2. The van der Waals surface area contributed by atoms with Crippen LogP contribution in [0.3, 0.4) is 0 Å². The van der Waals surface area contributed by atoms with E-state index < -0.39 is 0 Å². The molecule has 4 rings (SSSR count). The van der Waals surface area contributed by atoms with Crippen LogP contribution in [0, 0.1) is 0 Å². The lowest BCUT2D eigenvalue weighted by molar-refractivity contribution is 0.0994. The van der Waals surface area contributed by atoms with E-state index in [9.17, 15) is 4.79 Å². The van der Waals surface area contributed by atoms with Gasteiger partial charge in [-0.2, -0.15) is 0 Å². The van der Waals surface area contributed by atoms with Gasteiger partial charge in [-0.25, -0.2) is 4.98 Å². The number of carbonyl (C=O) groups is 1. The van der Waals surface area contributed by atoms with Gasteiger partial charge in [-0.05, 0) is 30.3 Å². The van der Waals surface area contributed by atoms with Crippen LogP contribution >= 0.6 is 11.6 Å². The van der Waals surface area contributed by atoms with Gasteiger partial charge >= 0.3 is 0 Å². The average molecular weight is 409 g/mol. The van der Waals surface area contributed by atoms with Crippen LogP contribution in [0.1, 0.15) is 15.9 Å². The SMILES string of the molecule is COCc1cc(Cl)ccc1Nc1cc2c(cn1)N(C)C(=O)c1ccccc1N2C. The third kappa shape index (κ3) is 3.52. The van der Waals surface area contributed by atoms with Gasteiger partial charge in [-0.3, -0.25) is 4.79 Å². The van der Waals surface area contributed by atoms with Crippen LogP contribution in [0.4, 0.5) is 28.6 Å². The lowest BCUT2D eigenvalue weighted by Crippen LogP contribution is -2.25. The Morgan fingerprint density at radius 2 is 1.83 bits per heavy atom. The molecule has 1 N–H and O–H groups in total. The number of aromatic nitrogens is 1. The van der Waals surface area contributed by atoms with Gasteiger partial charge in [-0.1, -0.05) is 23.7 Å². The fraction of sp³-hybridized carbons (Fsp3) is 0.182. The van der Waals surface area contributed by atoms with E-state index in [4.69, 9.17) is 16.3 Å². The molecule has 0 aliphatic carbocycles. The fourth-order valence-corrected chi connectivity index (χ4v) is 3.69. The molecule has 1 aliphatic rings. The molecule has 29 heavy (non-hydrogen) atoms. The molecule has 0 saturated carbocycles. The molecule has 0 atom stereocenters. The van der Waals surface area contributed by atoms with Gasteiger partial charge in [-0.15, -0.1) is 0 Å². The van der Waals surface area contributed by atoms with Crippen molar-refractivity contribution >= 4 is 46.1 Å². The first kappa shape index (κ1) is 19.2. The van der Waals surface area contributed by atoms with Crippen molar-refractivity contribution in [3.8, 4) is 0 Å². The van der Waals surface area contributed by atoms with Crippen LogP contribution in [0.2, 0.25) is 5.02 Å². The standard InChI is InChI=1S/C22H21ClN4O2/c1-26-18-7-5-4-6-16(18)22(28)27(2)20-12-24-21(11-19(20)26)25-17-9-8-15(23)10-14(17)13-29-3/h4-12H,13H2,1-3H3,(H,24,25). The molecule has 7 heteroatoms. The number of pyridine rings is 1. The highest BCUT2D eigenvalue weighted by molar-refractivity contribution is 6.30. The van der Waals surface area contributed by atoms with E-state index in [1.807, 2.05) is 60.5 Å². The summed E-state index contributed by atoms with van der Waals surface area (Å²) >= 11 is 6.12. The first-order chi connectivity index (χ1) is 14.0. The van der Waals surface area contributed by atoms with Crippen LogP contribution < -0.4 is 15.1 Å². The Morgan fingerprint density at radius 1 is 1.03 bits per heavy atom. The van der Waals surface area contributed by atoms with E-state index in [1.54, 1.807) is 25.3 Å². The van der Waals surface area contributed by atoms with Gasteiger partial charge in [0.05, 0.1) is 35.4 Å². The van der Waals surface area contributed by atoms with Crippen molar-refractivity contribution in [1.29, 1.82) is 0 Å². The van der Waals surface area contributed by atoms with Gasteiger partial charge in [0.2, 0.25) is 0 Å². The molecule has 2 aromatic carbocycles. The molecule has 0 bridgehead atoms. The number of hydrogen-bond donors (Lipinski definition) is 1. The van der Waals surface area contributed by atoms with E-state index in [-0.39, 0.29) is 5.91 Å². The number of carbonyl (C=O) groups excluding carboxylic acids is 1. The molecular weight excluding hydrogens is 388 g/mol. The van der Waals surface area contributed by atoms with E-state index >= 15 is 0 Å². The van der Waals surface area contributed by atoms with Gasteiger partial charge < -0.3 is 19.9 Å². The number of fused-ring (bicyclic) bond motifs is 2. The topological polar surface area (TPSA) is 57.7 Å². The summed E-state index contributed by atoms with van der Waals surface area (Å²) in [7, 11) is 5.36. The molecule has 148 valence electrons. The molecule has 1 aromatic heterocycles. The van der Waals surface area contributed by atoms with Crippen molar-refractivity contribution in [2.24, 2.45) is 0 Å². The normalized spacial score (nSPS) is 13.0. The number of para-hydroxylation sites is 1. The minimum Gasteiger partial charge on any atom is -0.380 e. The predicted molar refractivity (Wildman–Crippen MR) is 117 cm³/mol. The fourth-order valence-electron chi connectivity index (χ4n) is 3.50. The summed E-state index contributed by atoms with van der Waals surface area (Å²) in [4.78, 5) is 21.1. The predicted octanol–water partition coefficient (Wildman–Crippen LogP) is 4.98. The summed E-state index contributed by atoms with van der Waals surface area (Å²) in [5, 5.41) is 3.99. The number of rotatable bonds is 4. The molecule has 0 unspecified atom stereocenters. The Labute approximate surface area is 174 Å². The van der Waals surface area contributed by atoms with Crippen molar-refractivity contribution in [2.45, 2.75) is 6.61 Å². The highest BCUT2D eigenvalue weighted by Gasteiger charge is 2.27. The molecule has 6 nitrogen and oxygen atoms in total. The Hall–Kier alpha value is -3.09. The minimum atomic E-state index is -0.0613. The summed E-state index contributed by atoms with van der Waals surface area (Å²) < 4.78 is 5.28. The monoisotopic (exact) mass is 408 g/mol. The molecule has 0 spiro atoms. The second-order valence-electron chi connectivity index (χ2n) is 6.86. The minimum absolute atomic E-state index is 0.0613. The summed E-state index contributed by atoms with van der Waals surface area (Å²) in [6.07, 6.45) is 1.71. The summed E-state index contributed by atoms with van der Waals surface area (Å²) in [5.74, 6) is 0.601. The molecule has 0 fully saturated rings. The van der Waals surface area contributed by atoms with Crippen molar-refractivity contribution in [2.75, 3.05) is 36.3 Å². The Bertz CT molecular complexity index is 1090. The number of nitrogens with one attached hydrogen (secondary N) is 1. The number of halogens is 1. The zero-order valence-electron chi connectivity index (χ0n) is 16.4. The van der Waals surface area contributed by atoms with Crippen molar-refractivity contribution in [3.63, 3.8) is 0 Å². The second-order valence-corrected chi connectivity index (χ2v) is 7.29. The van der Waals surface area contributed by atoms with Crippen LogP contribution in [-0.4, -0.2) is 32.1 Å².